The lowest BCUT2D eigenvalue weighted by molar-refractivity contribution is 1.10. The highest BCUT2D eigenvalue weighted by Gasteiger charge is 2.18. The molecule has 0 atom stereocenters. The number of pyridine rings is 1. The molecule has 3 aromatic heterocycles. The molecule has 0 unspecified atom stereocenters. The number of nitrogens with zero attached hydrogens (tertiary/aromatic N) is 4. The summed E-state index contributed by atoms with van der Waals surface area (Å²) in [7, 11) is 0. The van der Waals surface area contributed by atoms with Gasteiger partial charge >= 0.3 is 0 Å². The number of hydrogen-bond donors (Lipinski definition) is 0. The zero-order chi connectivity index (χ0) is 40.2. The Hall–Kier alpha value is -7.30. The van der Waals surface area contributed by atoms with Crippen LogP contribution in [0.4, 0.5) is 0 Å². The second-order valence-electron chi connectivity index (χ2n) is 13.2. The Morgan fingerprint density at radius 2 is 1.02 bits per heavy atom. The summed E-state index contributed by atoms with van der Waals surface area (Å²) in [4.78, 5) is 10.1. The lowest BCUT2D eigenvalue weighted by atomic mass is 9.92. The molecule has 3 heterocycles. The van der Waals surface area contributed by atoms with E-state index in [4.69, 9.17) is 16.8 Å². The van der Waals surface area contributed by atoms with Gasteiger partial charge in [-0.3, -0.25) is 8.97 Å². The van der Waals surface area contributed by atoms with Gasteiger partial charge < -0.3 is 0 Å². The van der Waals surface area contributed by atoms with Crippen LogP contribution in [0.25, 0.3) is 89.7 Å². The number of imidazole rings is 2. The van der Waals surface area contributed by atoms with Crippen molar-refractivity contribution in [2.24, 2.45) is 0 Å². The van der Waals surface area contributed by atoms with Gasteiger partial charge in [-0.1, -0.05) is 139 Å². The molecule has 0 saturated carbocycles. The fraction of sp³-hybridized carbons (Fsp3) is 0. The molecule has 0 bridgehead atoms. The van der Waals surface area contributed by atoms with Gasteiger partial charge in [-0.15, -0.1) is 0 Å². The van der Waals surface area contributed by atoms with E-state index in [0.717, 1.165) is 78.5 Å². The van der Waals surface area contributed by atoms with Crippen LogP contribution in [0.3, 0.4) is 0 Å². The van der Waals surface area contributed by atoms with Gasteiger partial charge in [0.1, 0.15) is 11.5 Å². The smallest absolute Gasteiger partial charge is 0.145 e. The summed E-state index contributed by atoms with van der Waals surface area (Å²) in [6, 6.07) is 55.1. The van der Waals surface area contributed by atoms with Gasteiger partial charge in [-0.25, -0.2) is 9.97 Å². The monoisotopic (exact) mass is 695 g/mol. The zero-order valence-electron chi connectivity index (χ0n) is 34.0. The van der Waals surface area contributed by atoms with E-state index >= 15 is 0 Å². The van der Waals surface area contributed by atoms with E-state index in [2.05, 4.69) is 69.6 Å². The normalized spacial score (nSPS) is 12.6. The van der Waals surface area contributed by atoms with E-state index < -0.39 is 6.04 Å². The molecule has 0 fully saturated rings. The van der Waals surface area contributed by atoms with Crippen molar-refractivity contribution < 1.29 is 6.85 Å². The molecule has 0 amide bonds. The van der Waals surface area contributed by atoms with Crippen LogP contribution < -0.4 is 0 Å². The van der Waals surface area contributed by atoms with Crippen LogP contribution in [0.1, 0.15) is 6.85 Å². The number of hydrogen-bond acceptors (Lipinski definition) is 2. The highest BCUT2D eigenvalue weighted by molar-refractivity contribution is 5.88. The third-order valence-electron chi connectivity index (χ3n) is 9.80. The minimum atomic E-state index is -0.426. The van der Waals surface area contributed by atoms with Gasteiger partial charge in [0, 0.05) is 28.6 Å². The number of para-hydroxylation sites is 2. The van der Waals surface area contributed by atoms with Gasteiger partial charge in [0.25, 0.3) is 0 Å². The first-order chi connectivity index (χ1) is 28.8. The second kappa shape index (κ2) is 13.4. The first-order valence-electron chi connectivity index (χ1n) is 20.3. The van der Waals surface area contributed by atoms with Gasteiger partial charge in [0.2, 0.25) is 0 Å². The lowest BCUT2D eigenvalue weighted by Crippen LogP contribution is -1.98. The minimum absolute atomic E-state index is 0.145. The van der Waals surface area contributed by atoms with Crippen LogP contribution >= 0.6 is 0 Å². The molecule has 0 aliphatic heterocycles. The van der Waals surface area contributed by atoms with Crippen molar-refractivity contribution in [2.75, 3.05) is 0 Å². The minimum Gasteiger partial charge on any atom is -0.299 e. The lowest BCUT2D eigenvalue weighted by Gasteiger charge is -2.15. The Morgan fingerprint density at radius 3 is 1.80 bits per heavy atom. The molecular formula is C50H34N4. The molecule has 7 aromatic carbocycles. The molecule has 10 aromatic rings. The Morgan fingerprint density at radius 1 is 0.426 bits per heavy atom. The predicted molar refractivity (Wildman–Crippen MR) is 222 cm³/mol. The van der Waals surface area contributed by atoms with E-state index in [1.54, 1.807) is 0 Å². The number of benzene rings is 7. The van der Waals surface area contributed by atoms with E-state index in [-0.39, 0.29) is 29.7 Å². The molecule has 0 saturated heterocycles. The quantitative estimate of drug-likeness (QED) is 0.166. The van der Waals surface area contributed by atoms with E-state index in [0.29, 0.717) is 5.56 Å². The molecule has 4 nitrogen and oxygen atoms in total. The van der Waals surface area contributed by atoms with Crippen LogP contribution in [-0.2, 0) is 0 Å². The number of aromatic nitrogens is 4. The van der Waals surface area contributed by atoms with Crippen LogP contribution in [0, 0.1) is 0 Å². The zero-order valence-corrected chi connectivity index (χ0v) is 29.0. The summed E-state index contributed by atoms with van der Waals surface area (Å²) in [6.07, 6.45) is 2.02. The van der Waals surface area contributed by atoms with Crippen LogP contribution in [-0.4, -0.2) is 18.9 Å². The molecular weight excluding hydrogens is 657 g/mol. The van der Waals surface area contributed by atoms with E-state index in [1.165, 1.54) is 0 Å². The predicted octanol–water partition coefficient (Wildman–Crippen LogP) is 12.7. The van der Waals surface area contributed by atoms with Gasteiger partial charge in [-0.2, -0.15) is 0 Å². The molecule has 4 heteroatoms. The summed E-state index contributed by atoms with van der Waals surface area (Å²) in [5.41, 5.74) is 12.4. The molecule has 10 rings (SSSR count). The standard InChI is InChI=1S/C50H34N4/c1-4-16-35(17-5-1)41-31-42(38-22-14-24-40(30-38)49-48(36-18-6-2-7-19-36)52-47-28-12-13-29-53(47)49)33-43(32-41)39-23-15-25-44(34-39)54-46-27-11-10-26-45(46)51-50(54)37-20-8-3-9-21-37/h1-34H/i1D,4D,5D,16D,17D. The summed E-state index contributed by atoms with van der Waals surface area (Å²) < 4.78 is 47.5. The highest BCUT2D eigenvalue weighted by Crippen LogP contribution is 2.38. The summed E-state index contributed by atoms with van der Waals surface area (Å²) in [5, 5.41) is 0. The molecule has 254 valence electrons. The molecule has 0 aliphatic rings. The van der Waals surface area contributed by atoms with Crippen molar-refractivity contribution in [1.82, 2.24) is 18.9 Å². The van der Waals surface area contributed by atoms with Crippen LogP contribution in [0.5, 0.6) is 0 Å². The first-order valence-corrected chi connectivity index (χ1v) is 17.8. The average molecular weight is 696 g/mol. The van der Waals surface area contributed by atoms with Crippen molar-refractivity contribution in [1.29, 1.82) is 0 Å². The Labute approximate surface area is 321 Å². The van der Waals surface area contributed by atoms with Crippen LogP contribution in [0.2, 0.25) is 0 Å². The number of fused-ring (bicyclic) bond motifs is 2. The largest absolute Gasteiger partial charge is 0.299 e. The maximum atomic E-state index is 8.95. The van der Waals surface area contributed by atoms with Crippen molar-refractivity contribution in [3.63, 3.8) is 0 Å². The Bertz CT molecular complexity index is 3020. The Kier molecular flexibility index (Phi) is 6.54. The third kappa shape index (κ3) is 5.67. The van der Waals surface area contributed by atoms with Crippen LogP contribution in [0.15, 0.2) is 206 Å². The molecule has 0 radical (unpaired) electrons. The molecule has 0 aliphatic carbocycles. The molecule has 0 N–H and O–H groups in total. The summed E-state index contributed by atoms with van der Waals surface area (Å²) in [6.45, 7) is 0. The van der Waals surface area contributed by atoms with E-state index in [9.17, 15) is 0 Å². The SMILES string of the molecule is [2H]c1c([2H])c([2H])c(-c2cc(-c3cccc(-c4c(-c5ccccc5)nc5ccccn45)c3)cc(-c3cccc(-n4c(-c5ccccc5)nc5ccccc54)c3)c2)c([2H])c1[2H]. The van der Waals surface area contributed by atoms with Crippen molar-refractivity contribution in [3.8, 4) is 73.0 Å². The average Bonchev–Trinajstić information content (AvgIpc) is 3.88. The van der Waals surface area contributed by atoms with Crippen molar-refractivity contribution in [2.45, 2.75) is 0 Å². The maximum Gasteiger partial charge on any atom is 0.145 e. The Balaban J connectivity index is 1.18. The second-order valence-corrected chi connectivity index (χ2v) is 13.2. The fourth-order valence-electron chi connectivity index (χ4n) is 7.31. The van der Waals surface area contributed by atoms with E-state index in [1.807, 2.05) is 115 Å². The van der Waals surface area contributed by atoms with Crippen molar-refractivity contribution in [3.05, 3.63) is 206 Å². The molecule has 0 spiro atoms. The molecule has 54 heavy (non-hydrogen) atoms. The number of rotatable bonds is 7. The third-order valence-corrected chi connectivity index (χ3v) is 9.80. The first kappa shape index (κ1) is 26.5. The highest BCUT2D eigenvalue weighted by atomic mass is 15.1. The van der Waals surface area contributed by atoms with Gasteiger partial charge in [0.05, 0.1) is 29.3 Å². The maximum absolute atomic E-state index is 8.95. The topological polar surface area (TPSA) is 35.1 Å². The fourth-order valence-corrected chi connectivity index (χ4v) is 7.31. The van der Waals surface area contributed by atoms with Crippen molar-refractivity contribution >= 4 is 16.7 Å². The summed E-state index contributed by atoms with van der Waals surface area (Å²) >= 11 is 0. The summed E-state index contributed by atoms with van der Waals surface area (Å²) in [5.74, 6) is 0.816. The van der Waals surface area contributed by atoms with Gasteiger partial charge in [-0.05, 0) is 94.0 Å². The van der Waals surface area contributed by atoms with Gasteiger partial charge in [0.15, 0.2) is 0 Å².